The highest BCUT2D eigenvalue weighted by atomic mass is 35.5. The van der Waals surface area contributed by atoms with E-state index in [2.05, 4.69) is 57.5 Å². The molecule has 4 rings (SSSR count). The van der Waals surface area contributed by atoms with Crippen LogP contribution in [0.15, 0.2) is 40.6 Å². The Morgan fingerprint density at radius 3 is 2.71 bits per heavy atom. The maximum atomic E-state index is 13.9. The number of halogens is 2. The fraction of sp³-hybridized carbons (Fsp3) is 0.393. The van der Waals surface area contributed by atoms with Crippen LogP contribution in [0.2, 0.25) is 5.02 Å². The molecule has 0 fully saturated rings. The Balaban J connectivity index is 1.85. The fourth-order valence-electron chi connectivity index (χ4n) is 4.50. The molecule has 0 saturated heterocycles. The highest BCUT2D eigenvalue weighted by Gasteiger charge is 2.27. The first-order valence-electron chi connectivity index (χ1n) is 12.6. The van der Waals surface area contributed by atoms with Gasteiger partial charge >= 0.3 is 0 Å². The molecule has 0 saturated carbocycles. The van der Waals surface area contributed by atoms with E-state index >= 15 is 0 Å². The first-order chi connectivity index (χ1) is 18.1. The number of aromatic nitrogens is 2. The quantitative estimate of drug-likeness (QED) is 0.144. The van der Waals surface area contributed by atoms with Gasteiger partial charge in [0.05, 0.1) is 33.5 Å². The van der Waals surface area contributed by atoms with Gasteiger partial charge in [0.25, 0.3) is 0 Å². The first kappa shape index (κ1) is 27.3. The number of aliphatic imine (C=N–C) groups is 1. The second kappa shape index (κ2) is 11.3. The van der Waals surface area contributed by atoms with E-state index in [1.165, 1.54) is 12.3 Å². The zero-order chi connectivity index (χ0) is 27.4. The van der Waals surface area contributed by atoms with Crippen LogP contribution in [0.5, 0.6) is 0 Å². The van der Waals surface area contributed by atoms with Crippen molar-refractivity contribution in [2.24, 2.45) is 21.4 Å². The van der Waals surface area contributed by atoms with Crippen molar-refractivity contribution in [3.8, 4) is 6.07 Å². The number of rotatable bonds is 7. The van der Waals surface area contributed by atoms with Gasteiger partial charge in [0.15, 0.2) is 0 Å². The van der Waals surface area contributed by atoms with E-state index in [0.717, 1.165) is 30.5 Å². The third kappa shape index (κ3) is 6.03. The molecule has 0 bridgehead atoms. The van der Waals surface area contributed by atoms with Crippen LogP contribution in [0.3, 0.4) is 0 Å². The predicted octanol–water partition coefficient (Wildman–Crippen LogP) is 6.15. The molecule has 38 heavy (non-hydrogen) atoms. The molecule has 3 aromatic rings. The van der Waals surface area contributed by atoms with E-state index in [0.29, 0.717) is 57.4 Å². The monoisotopic (exact) mass is 534 g/mol. The summed E-state index contributed by atoms with van der Waals surface area (Å²) in [6.07, 6.45) is 4.27. The third-order valence-electron chi connectivity index (χ3n) is 6.39. The number of pyridine rings is 2. The molecule has 0 radical (unpaired) electrons. The molecule has 1 aromatic carbocycles. The Morgan fingerprint density at radius 1 is 1.29 bits per heavy atom. The number of nitrogens with zero attached hydrogens (tertiary/aromatic N) is 5. The maximum absolute atomic E-state index is 13.9. The number of nitriles is 1. The van der Waals surface area contributed by atoms with Crippen molar-refractivity contribution in [3.05, 3.63) is 58.3 Å². The summed E-state index contributed by atoms with van der Waals surface area (Å²) in [5.74, 6) is 5.36. The molecule has 10 heteroatoms. The lowest BCUT2D eigenvalue weighted by Crippen LogP contribution is -2.31. The van der Waals surface area contributed by atoms with Gasteiger partial charge in [-0.05, 0) is 49.8 Å². The molecule has 0 amide bonds. The highest BCUT2D eigenvalue weighted by molar-refractivity contribution is 6.44. The lowest BCUT2D eigenvalue weighted by Gasteiger charge is -2.26. The largest absolute Gasteiger partial charge is 0.383 e. The number of benzene rings is 1. The molecule has 0 unspecified atom stereocenters. The highest BCUT2D eigenvalue weighted by Crippen LogP contribution is 2.36. The number of fused-ring (bicyclic) bond motifs is 1. The van der Waals surface area contributed by atoms with Gasteiger partial charge in [-0.15, -0.1) is 0 Å². The van der Waals surface area contributed by atoms with Gasteiger partial charge in [-0.3, -0.25) is 9.98 Å². The molecule has 2 aromatic heterocycles. The molecule has 1 atom stereocenters. The molecule has 0 aliphatic carbocycles. The van der Waals surface area contributed by atoms with Crippen LogP contribution in [0.1, 0.15) is 62.9 Å². The fourth-order valence-corrected chi connectivity index (χ4v) is 4.77. The normalized spacial score (nSPS) is 15.1. The van der Waals surface area contributed by atoms with E-state index in [-0.39, 0.29) is 5.41 Å². The van der Waals surface area contributed by atoms with Crippen LogP contribution in [0.4, 0.5) is 15.8 Å². The second-order valence-electron chi connectivity index (χ2n) is 10.6. The van der Waals surface area contributed by atoms with Crippen molar-refractivity contribution < 1.29 is 4.39 Å². The first-order valence-corrected chi connectivity index (χ1v) is 13.0. The van der Waals surface area contributed by atoms with Gasteiger partial charge in [0.2, 0.25) is 5.95 Å². The number of nitrogens with one attached hydrogen (secondary N) is 2. The van der Waals surface area contributed by atoms with Gasteiger partial charge in [0, 0.05) is 41.6 Å². The third-order valence-corrected chi connectivity index (χ3v) is 6.68. The summed E-state index contributed by atoms with van der Waals surface area (Å²) < 4.78 is 13.9. The molecule has 4 N–H and O–H groups in total. The average Bonchev–Trinajstić information content (AvgIpc) is 2.87. The number of nitrogens with two attached hydrogens (primary N) is 1. The predicted molar refractivity (Wildman–Crippen MR) is 152 cm³/mol. The Kier molecular flexibility index (Phi) is 8.12. The van der Waals surface area contributed by atoms with Gasteiger partial charge in [-0.25, -0.2) is 4.98 Å². The van der Waals surface area contributed by atoms with Crippen molar-refractivity contribution in [3.63, 3.8) is 0 Å². The van der Waals surface area contributed by atoms with Crippen molar-refractivity contribution >= 4 is 45.3 Å². The van der Waals surface area contributed by atoms with Crippen LogP contribution < -0.4 is 16.5 Å². The standard InChI is InChI=1S/C28H32ClFN8/c1-16-19(8-9-23(30)36-16)26(27(38-32)22-7-5-6-10-33-22)37-18-11-20-24(35-15-28(2,3)4)17(13-31)14-34-25(20)21(29)12-18/h8-9,11-12,14,26,37H,5-7,10,15,32H2,1-4H3,(H,34,35)/t26-/m0/s1. The van der Waals surface area contributed by atoms with Crippen LogP contribution in [0, 0.1) is 29.6 Å². The lowest BCUT2D eigenvalue weighted by molar-refractivity contribution is 0.443. The summed E-state index contributed by atoms with van der Waals surface area (Å²) in [6.45, 7) is 9.43. The van der Waals surface area contributed by atoms with Gasteiger partial charge in [0.1, 0.15) is 11.8 Å². The Labute approximate surface area is 227 Å². The molecule has 0 spiro atoms. The maximum Gasteiger partial charge on any atom is 0.213 e. The smallest absolute Gasteiger partial charge is 0.213 e. The van der Waals surface area contributed by atoms with E-state index in [9.17, 15) is 9.65 Å². The number of anilines is 2. The molecule has 1 aliphatic rings. The van der Waals surface area contributed by atoms with E-state index in [1.54, 1.807) is 19.1 Å². The van der Waals surface area contributed by atoms with Crippen molar-refractivity contribution in [1.82, 2.24) is 9.97 Å². The summed E-state index contributed by atoms with van der Waals surface area (Å²) in [4.78, 5) is 13.1. The molecular weight excluding hydrogens is 503 g/mol. The van der Waals surface area contributed by atoms with Crippen LogP contribution >= 0.6 is 11.6 Å². The Morgan fingerprint density at radius 2 is 2.08 bits per heavy atom. The van der Waals surface area contributed by atoms with Crippen molar-refractivity contribution in [2.75, 3.05) is 23.7 Å². The Hall–Kier alpha value is -3.77. The SMILES string of the molecule is Cc1nc(F)ccc1[C@H](Nc1cc(Cl)c2ncc(C#N)c(NCC(C)(C)C)c2c1)C(=NN)C1=NCCCC1. The topological polar surface area (TPSA) is 124 Å². The molecular formula is C28H32ClFN8. The number of aryl methyl sites for hydroxylation is 1. The zero-order valence-corrected chi connectivity index (χ0v) is 22.8. The van der Waals surface area contributed by atoms with Crippen LogP contribution in [-0.4, -0.2) is 34.5 Å². The summed E-state index contributed by atoms with van der Waals surface area (Å²) in [6, 6.07) is 8.34. The van der Waals surface area contributed by atoms with E-state index < -0.39 is 12.0 Å². The summed E-state index contributed by atoms with van der Waals surface area (Å²) in [5.41, 5.74) is 4.90. The van der Waals surface area contributed by atoms with Crippen LogP contribution in [-0.2, 0) is 0 Å². The molecule has 3 heterocycles. The second-order valence-corrected chi connectivity index (χ2v) is 11.0. The zero-order valence-electron chi connectivity index (χ0n) is 22.1. The van der Waals surface area contributed by atoms with Gasteiger partial charge in [-0.1, -0.05) is 38.4 Å². The number of hydrogen-bond donors (Lipinski definition) is 3. The van der Waals surface area contributed by atoms with Crippen molar-refractivity contribution in [1.29, 1.82) is 5.26 Å². The van der Waals surface area contributed by atoms with E-state index in [4.69, 9.17) is 17.4 Å². The molecule has 8 nitrogen and oxygen atoms in total. The Bertz CT molecular complexity index is 1450. The van der Waals surface area contributed by atoms with Gasteiger partial charge in [-0.2, -0.15) is 14.8 Å². The number of hydrazone groups is 1. The molecule has 198 valence electrons. The summed E-state index contributed by atoms with van der Waals surface area (Å²) >= 11 is 6.71. The van der Waals surface area contributed by atoms with Crippen LogP contribution in [0.25, 0.3) is 10.9 Å². The molecule has 1 aliphatic heterocycles. The summed E-state index contributed by atoms with van der Waals surface area (Å²) in [7, 11) is 0. The minimum Gasteiger partial charge on any atom is -0.383 e. The minimum atomic E-state index is -0.565. The number of hydrogen-bond acceptors (Lipinski definition) is 8. The van der Waals surface area contributed by atoms with Crippen molar-refractivity contribution in [2.45, 2.75) is 53.0 Å². The summed E-state index contributed by atoms with van der Waals surface area (Å²) in [5, 5.41) is 22.0. The van der Waals surface area contributed by atoms with E-state index in [1.807, 2.05) is 6.07 Å². The average molecular weight is 535 g/mol. The lowest BCUT2D eigenvalue weighted by atomic mass is 9.93. The van der Waals surface area contributed by atoms with Gasteiger partial charge < -0.3 is 16.5 Å². The minimum absolute atomic E-state index is 0.0204.